The molecule has 0 fully saturated rings. The predicted molar refractivity (Wildman–Crippen MR) is 67.5 cm³/mol. The highest BCUT2D eigenvalue weighted by Gasteiger charge is 2.26. The second-order valence-electron chi connectivity index (χ2n) is 4.07. The molecule has 18 heavy (non-hydrogen) atoms. The fourth-order valence-electron chi connectivity index (χ4n) is 1.82. The minimum Gasteiger partial charge on any atom is -0.618 e. The molecule has 0 saturated carbocycles. The van der Waals surface area contributed by atoms with Crippen LogP contribution in [0.4, 0.5) is 0 Å². The molecule has 0 bridgehead atoms. The number of benzene rings is 1. The van der Waals surface area contributed by atoms with Crippen molar-refractivity contribution in [2.24, 2.45) is 0 Å². The van der Waals surface area contributed by atoms with Crippen LogP contribution in [0.25, 0.3) is 0 Å². The maximum atomic E-state index is 12.2. The summed E-state index contributed by atoms with van der Waals surface area (Å²) in [5, 5.41) is 11.4. The highest BCUT2D eigenvalue weighted by Crippen LogP contribution is 2.16. The van der Waals surface area contributed by atoms with E-state index in [-0.39, 0.29) is 10.8 Å². The molecule has 0 saturated heterocycles. The van der Waals surface area contributed by atoms with E-state index in [1.807, 2.05) is 6.07 Å². The van der Waals surface area contributed by atoms with Crippen LogP contribution in [0.5, 0.6) is 0 Å². The number of sulfone groups is 1. The van der Waals surface area contributed by atoms with Crippen LogP contribution in [0, 0.1) is 12.1 Å². The van der Waals surface area contributed by atoms with Gasteiger partial charge in [0, 0.05) is 11.6 Å². The Hall–Kier alpha value is -1.88. The van der Waals surface area contributed by atoms with Gasteiger partial charge in [-0.15, -0.1) is 0 Å². The minimum atomic E-state index is -3.62. The lowest BCUT2D eigenvalue weighted by Gasteiger charge is -2.07. The highest BCUT2D eigenvalue weighted by molar-refractivity contribution is 7.90. The van der Waals surface area contributed by atoms with Crippen LogP contribution in [-0.2, 0) is 15.6 Å². The van der Waals surface area contributed by atoms with E-state index >= 15 is 0 Å². The van der Waals surface area contributed by atoms with Crippen LogP contribution in [0.1, 0.15) is 11.1 Å². The maximum absolute atomic E-state index is 12.2. The molecular formula is C13H13NO3S. The number of hydrogen-bond acceptors (Lipinski definition) is 3. The lowest BCUT2D eigenvalue weighted by atomic mass is 10.2. The topological polar surface area (TPSA) is 61.1 Å². The quantitative estimate of drug-likeness (QED) is 0.624. The van der Waals surface area contributed by atoms with Crippen molar-refractivity contribution in [3.63, 3.8) is 0 Å². The molecule has 1 heterocycles. The fourth-order valence-corrected chi connectivity index (χ4v) is 3.48. The van der Waals surface area contributed by atoms with Gasteiger partial charge in [0.15, 0.2) is 6.20 Å². The van der Waals surface area contributed by atoms with Crippen molar-refractivity contribution < 1.29 is 13.1 Å². The third-order valence-corrected chi connectivity index (χ3v) is 4.40. The number of pyridine rings is 1. The average Bonchev–Trinajstić information content (AvgIpc) is 2.28. The zero-order valence-electron chi connectivity index (χ0n) is 9.91. The molecule has 0 unspecified atom stereocenters. The Morgan fingerprint density at radius 3 is 2.39 bits per heavy atom. The molecule has 0 aliphatic rings. The summed E-state index contributed by atoms with van der Waals surface area (Å²) in [6.45, 7) is 1.62. The molecular weight excluding hydrogens is 250 g/mol. The van der Waals surface area contributed by atoms with Crippen LogP contribution in [0.2, 0.25) is 0 Å². The Bertz CT molecular complexity index is 631. The summed E-state index contributed by atoms with van der Waals surface area (Å²) < 4.78 is 24.9. The molecule has 0 aliphatic heterocycles. The van der Waals surface area contributed by atoms with E-state index in [1.54, 1.807) is 37.3 Å². The van der Waals surface area contributed by atoms with Gasteiger partial charge in [-0.05, 0) is 18.6 Å². The minimum absolute atomic E-state index is 0.166. The zero-order chi connectivity index (χ0) is 13.2. The molecule has 0 aliphatic carbocycles. The second kappa shape index (κ2) is 4.78. The number of nitrogens with zero attached hydrogens (tertiary/aromatic N) is 1. The van der Waals surface area contributed by atoms with E-state index in [2.05, 4.69) is 0 Å². The lowest BCUT2D eigenvalue weighted by molar-refractivity contribution is -0.647. The monoisotopic (exact) mass is 263 g/mol. The Morgan fingerprint density at radius 2 is 1.78 bits per heavy atom. The number of hydrogen-bond donors (Lipinski definition) is 0. The van der Waals surface area contributed by atoms with Crippen LogP contribution < -0.4 is 4.73 Å². The predicted octanol–water partition coefficient (Wildman–Crippen LogP) is 1.60. The van der Waals surface area contributed by atoms with Crippen molar-refractivity contribution in [2.75, 3.05) is 0 Å². The van der Waals surface area contributed by atoms with E-state index < -0.39 is 9.84 Å². The smallest absolute Gasteiger partial charge is 0.311 e. The fraction of sp³-hybridized carbons (Fsp3) is 0.154. The molecule has 4 nitrogen and oxygen atoms in total. The summed E-state index contributed by atoms with van der Waals surface area (Å²) in [6, 6.07) is 12.0. The Labute approximate surface area is 106 Å². The molecule has 0 atom stereocenters. The van der Waals surface area contributed by atoms with Crippen LogP contribution in [0.3, 0.4) is 0 Å². The summed E-state index contributed by atoms with van der Waals surface area (Å²) in [4.78, 5) is 0. The second-order valence-corrected chi connectivity index (χ2v) is 5.97. The number of aryl methyl sites for hydroxylation is 1. The van der Waals surface area contributed by atoms with Crippen molar-refractivity contribution in [3.8, 4) is 0 Å². The van der Waals surface area contributed by atoms with Gasteiger partial charge in [-0.1, -0.05) is 30.3 Å². The zero-order valence-corrected chi connectivity index (χ0v) is 10.7. The van der Waals surface area contributed by atoms with Gasteiger partial charge in [-0.25, -0.2) is 8.42 Å². The molecule has 0 amide bonds. The van der Waals surface area contributed by atoms with E-state index in [4.69, 9.17) is 0 Å². The summed E-state index contributed by atoms with van der Waals surface area (Å²) in [5.41, 5.74) is 1.13. The molecule has 94 valence electrons. The normalized spacial score (nSPS) is 11.4. The van der Waals surface area contributed by atoms with Gasteiger partial charge < -0.3 is 5.21 Å². The summed E-state index contributed by atoms with van der Waals surface area (Å²) >= 11 is 0. The summed E-state index contributed by atoms with van der Waals surface area (Å²) in [5.74, 6) is -0.166. The maximum Gasteiger partial charge on any atom is 0.311 e. The summed E-state index contributed by atoms with van der Waals surface area (Å²) in [7, 11) is -3.62. The SMILES string of the molecule is Cc1ccc[n+]([O-])c1S(=O)(=O)Cc1ccccc1. The Balaban J connectivity index is 2.44. The third kappa shape index (κ3) is 2.51. The van der Waals surface area contributed by atoms with Crippen molar-refractivity contribution in [1.82, 2.24) is 0 Å². The molecule has 0 spiro atoms. The van der Waals surface area contributed by atoms with E-state index in [1.165, 1.54) is 12.3 Å². The van der Waals surface area contributed by atoms with Crippen LogP contribution in [0.15, 0.2) is 53.7 Å². The largest absolute Gasteiger partial charge is 0.618 e. The van der Waals surface area contributed by atoms with Gasteiger partial charge in [0.2, 0.25) is 9.84 Å². The molecule has 0 N–H and O–H groups in total. The first-order valence-electron chi connectivity index (χ1n) is 5.46. The van der Waals surface area contributed by atoms with Crippen molar-refractivity contribution >= 4 is 9.84 Å². The lowest BCUT2D eigenvalue weighted by Crippen LogP contribution is -2.35. The number of aromatic nitrogens is 1. The first-order valence-corrected chi connectivity index (χ1v) is 7.11. The van der Waals surface area contributed by atoms with Crippen molar-refractivity contribution in [2.45, 2.75) is 17.7 Å². The van der Waals surface area contributed by atoms with E-state index in [0.717, 1.165) is 0 Å². The molecule has 1 aromatic heterocycles. The van der Waals surface area contributed by atoms with Crippen LogP contribution >= 0.6 is 0 Å². The van der Waals surface area contributed by atoms with Gasteiger partial charge in [-0.3, -0.25) is 0 Å². The van der Waals surface area contributed by atoms with Gasteiger partial charge in [-0.2, -0.15) is 4.73 Å². The van der Waals surface area contributed by atoms with E-state index in [0.29, 0.717) is 15.9 Å². The average molecular weight is 263 g/mol. The van der Waals surface area contributed by atoms with E-state index in [9.17, 15) is 13.6 Å². The third-order valence-electron chi connectivity index (χ3n) is 2.60. The standard InChI is InChI=1S/C13H13NO3S/c1-11-6-5-9-14(15)13(11)18(16,17)10-12-7-3-2-4-8-12/h2-9H,10H2,1H3. The Morgan fingerprint density at radius 1 is 1.11 bits per heavy atom. The number of rotatable bonds is 3. The van der Waals surface area contributed by atoms with Gasteiger partial charge in [0.05, 0.1) is 5.75 Å². The highest BCUT2D eigenvalue weighted by atomic mass is 32.2. The summed E-state index contributed by atoms with van der Waals surface area (Å²) in [6.07, 6.45) is 1.20. The van der Waals surface area contributed by atoms with Crippen molar-refractivity contribution in [1.29, 1.82) is 0 Å². The molecule has 2 rings (SSSR count). The van der Waals surface area contributed by atoms with Gasteiger partial charge in [0.1, 0.15) is 0 Å². The first kappa shape index (κ1) is 12.6. The molecule has 0 radical (unpaired) electrons. The molecule has 1 aromatic carbocycles. The van der Waals surface area contributed by atoms with Gasteiger partial charge in [0.25, 0.3) is 0 Å². The van der Waals surface area contributed by atoms with Crippen molar-refractivity contribution in [3.05, 3.63) is 65.0 Å². The Kier molecular flexibility index (Phi) is 3.34. The van der Waals surface area contributed by atoms with Gasteiger partial charge >= 0.3 is 5.03 Å². The molecule has 2 aromatic rings. The van der Waals surface area contributed by atoms with Crippen LogP contribution in [-0.4, -0.2) is 8.42 Å². The first-order chi connectivity index (χ1) is 8.50. The molecule has 5 heteroatoms.